The molecule has 2 aromatic rings. The molecule has 0 saturated heterocycles. The first-order valence-corrected chi connectivity index (χ1v) is 9.65. The normalized spacial score (nSPS) is 11.7. The van der Waals surface area contributed by atoms with Crippen molar-refractivity contribution in [2.24, 2.45) is 0 Å². The third-order valence-electron chi connectivity index (χ3n) is 4.10. The summed E-state index contributed by atoms with van der Waals surface area (Å²) < 4.78 is 31.8. The van der Waals surface area contributed by atoms with Crippen LogP contribution < -0.4 is 10.1 Å². The predicted octanol–water partition coefficient (Wildman–Crippen LogP) is 3.28. The van der Waals surface area contributed by atoms with Gasteiger partial charge in [0.2, 0.25) is 10.0 Å². The van der Waals surface area contributed by atoms with E-state index in [1.165, 1.54) is 30.6 Å². The van der Waals surface area contributed by atoms with E-state index in [0.717, 1.165) is 5.56 Å². The van der Waals surface area contributed by atoms with Gasteiger partial charge in [0.25, 0.3) is 5.91 Å². The number of rotatable bonds is 6. The molecule has 0 aromatic heterocycles. The van der Waals surface area contributed by atoms with Gasteiger partial charge in [-0.15, -0.1) is 0 Å². The Bertz CT molecular complexity index is 908. The van der Waals surface area contributed by atoms with Crippen LogP contribution in [0.15, 0.2) is 47.4 Å². The zero-order chi connectivity index (χ0) is 19.5. The number of hydrogen-bond donors (Lipinski definition) is 1. The highest BCUT2D eigenvalue weighted by Gasteiger charge is 2.24. The summed E-state index contributed by atoms with van der Waals surface area (Å²) >= 11 is 0. The Labute approximate surface area is 154 Å². The fourth-order valence-electron chi connectivity index (χ4n) is 2.36. The third kappa shape index (κ3) is 4.23. The molecule has 1 amide bonds. The highest BCUT2D eigenvalue weighted by Crippen LogP contribution is 2.26. The van der Waals surface area contributed by atoms with Crippen molar-refractivity contribution in [1.29, 1.82) is 0 Å². The molecular formula is C19H24N2O4S. The molecule has 0 spiro atoms. The quantitative estimate of drug-likeness (QED) is 0.839. The predicted molar refractivity (Wildman–Crippen MR) is 102 cm³/mol. The van der Waals surface area contributed by atoms with Crippen LogP contribution in [0.2, 0.25) is 0 Å². The first-order valence-electron chi connectivity index (χ1n) is 8.21. The van der Waals surface area contributed by atoms with E-state index in [2.05, 4.69) is 5.32 Å². The molecule has 0 aliphatic heterocycles. The fraction of sp³-hybridized carbons (Fsp3) is 0.316. The molecule has 2 aromatic carbocycles. The SMILES string of the molecule is COc1ccc(C)cc1NC(=O)c1cccc(S(=O)(=O)N(C)C(C)C)c1. The van der Waals surface area contributed by atoms with E-state index in [-0.39, 0.29) is 16.5 Å². The Balaban J connectivity index is 2.33. The van der Waals surface area contributed by atoms with Crippen molar-refractivity contribution >= 4 is 21.6 Å². The molecule has 2 rings (SSSR count). The van der Waals surface area contributed by atoms with E-state index in [4.69, 9.17) is 4.74 Å². The molecule has 0 radical (unpaired) electrons. The number of ether oxygens (including phenoxy) is 1. The number of nitrogens with zero attached hydrogens (tertiary/aromatic N) is 1. The number of carbonyl (C=O) groups excluding carboxylic acids is 1. The summed E-state index contributed by atoms with van der Waals surface area (Å²) in [6.07, 6.45) is 0. The van der Waals surface area contributed by atoms with Crippen molar-refractivity contribution in [3.05, 3.63) is 53.6 Å². The van der Waals surface area contributed by atoms with Gasteiger partial charge in [-0.3, -0.25) is 4.79 Å². The van der Waals surface area contributed by atoms with Gasteiger partial charge in [-0.25, -0.2) is 8.42 Å². The van der Waals surface area contributed by atoms with E-state index < -0.39 is 15.9 Å². The van der Waals surface area contributed by atoms with Crippen LogP contribution in [0.4, 0.5) is 5.69 Å². The lowest BCUT2D eigenvalue weighted by Crippen LogP contribution is -2.33. The zero-order valence-electron chi connectivity index (χ0n) is 15.6. The van der Waals surface area contributed by atoms with Crippen LogP contribution in [-0.4, -0.2) is 38.8 Å². The number of methoxy groups -OCH3 is 1. The monoisotopic (exact) mass is 376 g/mol. The molecule has 140 valence electrons. The fourth-order valence-corrected chi connectivity index (χ4v) is 3.77. The molecule has 0 heterocycles. The van der Waals surface area contributed by atoms with Gasteiger partial charge in [0.15, 0.2) is 0 Å². The Morgan fingerprint density at radius 1 is 1.15 bits per heavy atom. The first-order chi connectivity index (χ1) is 12.2. The molecule has 0 fully saturated rings. The summed E-state index contributed by atoms with van der Waals surface area (Å²) in [4.78, 5) is 12.7. The summed E-state index contributed by atoms with van der Waals surface area (Å²) in [5.41, 5.74) is 1.76. The number of aryl methyl sites for hydroxylation is 1. The topological polar surface area (TPSA) is 75.7 Å². The van der Waals surface area contributed by atoms with E-state index in [0.29, 0.717) is 11.4 Å². The van der Waals surface area contributed by atoms with Gasteiger partial charge in [-0.05, 0) is 56.7 Å². The lowest BCUT2D eigenvalue weighted by atomic mass is 10.1. The number of nitrogens with one attached hydrogen (secondary N) is 1. The maximum absolute atomic E-state index is 12.6. The van der Waals surface area contributed by atoms with Gasteiger partial charge in [0.1, 0.15) is 5.75 Å². The summed E-state index contributed by atoms with van der Waals surface area (Å²) in [6.45, 7) is 5.49. The minimum absolute atomic E-state index is 0.0811. The molecule has 0 aliphatic rings. The highest BCUT2D eigenvalue weighted by atomic mass is 32.2. The minimum atomic E-state index is -3.66. The molecule has 6 nitrogen and oxygen atoms in total. The van der Waals surface area contributed by atoms with Crippen molar-refractivity contribution in [3.8, 4) is 5.75 Å². The number of carbonyl (C=O) groups is 1. The zero-order valence-corrected chi connectivity index (χ0v) is 16.4. The van der Waals surface area contributed by atoms with E-state index in [1.54, 1.807) is 38.1 Å². The standard InChI is InChI=1S/C19H24N2O4S/c1-13(2)21(4)26(23,24)16-8-6-7-15(12-16)19(22)20-17-11-14(3)9-10-18(17)25-5/h6-13H,1-5H3,(H,20,22). The van der Waals surface area contributed by atoms with Gasteiger partial charge in [-0.2, -0.15) is 4.31 Å². The second kappa shape index (κ2) is 7.88. The van der Waals surface area contributed by atoms with Crippen LogP contribution in [0.3, 0.4) is 0 Å². The summed E-state index contributed by atoms with van der Waals surface area (Å²) in [6, 6.07) is 11.3. The Morgan fingerprint density at radius 2 is 1.85 bits per heavy atom. The number of sulfonamides is 1. The van der Waals surface area contributed by atoms with E-state index >= 15 is 0 Å². The van der Waals surface area contributed by atoms with Crippen LogP contribution in [-0.2, 0) is 10.0 Å². The van der Waals surface area contributed by atoms with E-state index in [9.17, 15) is 13.2 Å². The van der Waals surface area contributed by atoms with Crippen LogP contribution >= 0.6 is 0 Å². The summed E-state index contributed by atoms with van der Waals surface area (Å²) in [5.74, 6) is 0.130. The average Bonchev–Trinajstić information content (AvgIpc) is 2.61. The van der Waals surface area contributed by atoms with Crippen molar-refractivity contribution in [1.82, 2.24) is 4.31 Å². The maximum Gasteiger partial charge on any atom is 0.255 e. The second-order valence-electron chi connectivity index (χ2n) is 6.30. The minimum Gasteiger partial charge on any atom is -0.495 e. The lowest BCUT2D eigenvalue weighted by molar-refractivity contribution is 0.102. The maximum atomic E-state index is 12.6. The van der Waals surface area contributed by atoms with Crippen molar-refractivity contribution in [3.63, 3.8) is 0 Å². The molecular weight excluding hydrogens is 352 g/mol. The van der Waals surface area contributed by atoms with Gasteiger partial charge in [0.05, 0.1) is 17.7 Å². The largest absolute Gasteiger partial charge is 0.495 e. The Morgan fingerprint density at radius 3 is 2.46 bits per heavy atom. The number of anilines is 1. The van der Waals surface area contributed by atoms with Crippen LogP contribution in [0, 0.1) is 6.92 Å². The number of amides is 1. The van der Waals surface area contributed by atoms with Gasteiger partial charge in [-0.1, -0.05) is 12.1 Å². The van der Waals surface area contributed by atoms with Crippen molar-refractivity contribution < 1.29 is 17.9 Å². The van der Waals surface area contributed by atoms with E-state index in [1.807, 2.05) is 13.0 Å². The first kappa shape index (κ1) is 19.9. The average molecular weight is 376 g/mol. The van der Waals surface area contributed by atoms with Crippen LogP contribution in [0.25, 0.3) is 0 Å². The molecule has 26 heavy (non-hydrogen) atoms. The number of hydrogen-bond acceptors (Lipinski definition) is 4. The van der Waals surface area contributed by atoms with Gasteiger partial charge < -0.3 is 10.1 Å². The third-order valence-corrected chi connectivity index (χ3v) is 6.13. The Hall–Kier alpha value is -2.38. The van der Waals surface area contributed by atoms with Gasteiger partial charge in [0, 0.05) is 18.7 Å². The summed E-state index contributed by atoms with van der Waals surface area (Å²) in [5, 5.41) is 2.78. The molecule has 1 N–H and O–H groups in total. The smallest absolute Gasteiger partial charge is 0.255 e. The van der Waals surface area contributed by atoms with Crippen molar-refractivity contribution in [2.45, 2.75) is 31.7 Å². The summed E-state index contributed by atoms with van der Waals surface area (Å²) in [7, 11) is -0.617. The second-order valence-corrected chi connectivity index (χ2v) is 8.30. The lowest BCUT2D eigenvalue weighted by Gasteiger charge is -2.21. The van der Waals surface area contributed by atoms with Crippen molar-refractivity contribution in [2.75, 3.05) is 19.5 Å². The molecule has 7 heteroatoms. The molecule has 0 bridgehead atoms. The molecule has 0 atom stereocenters. The molecule has 0 aliphatic carbocycles. The highest BCUT2D eigenvalue weighted by molar-refractivity contribution is 7.89. The molecule has 0 saturated carbocycles. The van der Waals surface area contributed by atoms with Crippen LogP contribution in [0.1, 0.15) is 29.8 Å². The van der Waals surface area contributed by atoms with Gasteiger partial charge >= 0.3 is 0 Å². The molecule has 0 unspecified atom stereocenters. The number of benzene rings is 2. The van der Waals surface area contributed by atoms with Crippen LogP contribution in [0.5, 0.6) is 5.75 Å². The Kier molecular flexibility index (Phi) is 6.05.